The Morgan fingerprint density at radius 3 is 1.26 bits per heavy atom. The Balaban J connectivity index is 0.00000241. The molecule has 0 saturated heterocycles. The molecule has 1 unspecified atom stereocenters. The maximum absolute atomic E-state index is 2.49. The van der Waals surface area contributed by atoms with Gasteiger partial charge in [-0.2, -0.15) is 0 Å². The van der Waals surface area contributed by atoms with Gasteiger partial charge in [-0.15, -0.1) is 0 Å². The van der Waals surface area contributed by atoms with E-state index in [1.807, 2.05) is 0 Å². The predicted molar refractivity (Wildman–Crippen MR) is 147 cm³/mol. The summed E-state index contributed by atoms with van der Waals surface area (Å²) in [4.78, 5) is 0. The zero-order valence-electron chi connectivity index (χ0n) is 23.7. The molecule has 0 radical (unpaired) electrons. The van der Waals surface area contributed by atoms with Gasteiger partial charge >= 0.3 is 226 Å². The second-order valence-electron chi connectivity index (χ2n) is 10.8. The summed E-state index contributed by atoms with van der Waals surface area (Å²) in [5, 5.41) is 0. The SMILES string of the molecule is CCCCC1=CC=C[C]1([Ti+3])C(c1cc(C)cc(C)c1)(c1cc(C)cc(C)c1)c1cc(C)cc(C)c1.[Cl-].[Cl-].[Cl-]. The van der Waals surface area contributed by atoms with Gasteiger partial charge in [0.1, 0.15) is 0 Å². The van der Waals surface area contributed by atoms with Crippen molar-refractivity contribution < 1.29 is 57.7 Å². The molecule has 0 spiro atoms. The molecule has 0 amide bonds. The van der Waals surface area contributed by atoms with Crippen molar-refractivity contribution in [1.29, 1.82) is 0 Å². The topological polar surface area (TPSA) is 0 Å². The largest absolute Gasteiger partial charge is 1.00 e. The molecule has 200 valence electrons. The number of allylic oxidation sites excluding steroid dienone is 4. The number of rotatable bonds is 7. The molecule has 0 saturated carbocycles. The van der Waals surface area contributed by atoms with Crippen LogP contribution in [0.3, 0.4) is 0 Å². The molecule has 0 aromatic heterocycles. The van der Waals surface area contributed by atoms with E-state index in [4.69, 9.17) is 0 Å². The van der Waals surface area contributed by atoms with Gasteiger partial charge in [0.05, 0.1) is 0 Å². The van der Waals surface area contributed by atoms with Crippen LogP contribution in [0.15, 0.2) is 78.4 Å². The van der Waals surface area contributed by atoms with E-state index < -0.39 is 0 Å². The maximum Gasteiger partial charge on any atom is -1.00 e. The number of halogens is 3. The van der Waals surface area contributed by atoms with E-state index in [9.17, 15) is 0 Å². The summed E-state index contributed by atoms with van der Waals surface area (Å²) in [5.41, 5.74) is 13.3. The number of unbranched alkanes of at least 4 members (excludes halogenated alkanes) is 1. The van der Waals surface area contributed by atoms with E-state index in [1.165, 1.54) is 68.5 Å². The summed E-state index contributed by atoms with van der Waals surface area (Å²) in [6.07, 6.45) is 10.8. The first kappa shape index (κ1) is 34.8. The first-order valence-corrected chi connectivity index (χ1v) is 13.8. The van der Waals surface area contributed by atoms with Crippen molar-refractivity contribution in [3.8, 4) is 0 Å². The average molecular weight is 602 g/mol. The molecule has 1 aliphatic carbocycles. The Kier molecular flexibility index (Phi) is 12.7. The Labute approximate surface area is 261 Å². The van der Waals surface area contributed by atoms with Crippen LogP contribution in [0.25, 0.3) is 0 Å². The van der Waals surface area contributed by atoms with Crippen LogP contribution in [0.4, 0.5) is 0 Å². The first-order chi connectivity index (χ1) is 16.6. The fourth-order valence-electron chi connectivity index (χ4n) is 6.32. The molecule has 1 atom stereocenters. The van der Waals surface area contributed by atoms with Crippen LogP contribution in [0.1, 0.15) is 76.3 Å². The number of aryl methyl sites for hydroxylation is 6. The van der Waals surface area contributed by atoms with Crippen LogP contribution in [0.2, 0.25) is 3.72 Å². The van der Waals surface area contributed by atoms with Crippen molar-refractivity contribution in [2.24, 2.45) is 0 Å². The molecule has 0 nitrogen and oxygen atoms in total. The third-order valence-electron chi connectivity index (χ3n) is 7.51. The van der Waals surface area contributed by atoms with Crippen LogP contribution in [-0.2, 0) is 25.9 Å². The Morgan fingerprint density at radius 1 is 0.605 bits per heavy atom. The third kappa shape index (κ3) is 6.37. The van der Waals surface area contributed by atoms with Gasteiger partial charge in [-0.25, -0.2) is 0 Å². The van der Waals surface area contributed by atoms with Crippen molar-refractivity contribution in [2.75, 3.05) is 0 Å². The zero-order chi connectivity index (χ0) is 25.4. The summed E-state index contributed by atoms with van der Waals surface area (Å²) in [7, 11) is 0. The molecule has 0 fully saturated rings. The van der Waals surface area contributed by atoms with Crippen LogP contribution in [0.5, 0.6) is 0 Å². The molecule has 1 aliphatic rings. The van der Waals surface area contributed by atoms with Gasteiger partial charge in [0.15, 0.2) is 0 Å². The van der Waals surface area contributed by atoms with Gasteiger partial charge in [-0.3, -0.25) is 0 Å². The minimum absolute atomic E-state index is 0. The van der Waals surface area contributed by atoms with Crippen molar-refractivity contribution >= 4 is 0 Å². The summed E-state index contributed by atoms with van der Waals surface area (Å²) < 4.78 is -0.178. The second kappa shape index (κ2) is 13.9. The van der Waals surface area contributed by atoms with Gasteiger partial charge in [-0.1, -0.05) is 0 Å². The monoisotopic (exact) mass is 600 g/mol. The Morgan fingerprint density at radius 2 is 0.947 bits per heavy atom. The van der Waals surface area contributed by atoms with Crippen molar-refractivity contribution in [2.45, 2.75) is 76.9 Å². The van der Waals surface area contributed by atoms with Crippen LogP contribution < -0.4 is 37.2 Å². The van der Waals surface area contributed by atoms with Crippen LogP contribution in [-0.4, -0.2) is 0 Å². The standard InChI is InChI=1S/C34H39.3ClH.Ti/c1-8-9-11-29-12-10-13-33(29)34(30-17-23(2)14-24(3)18-30,31-19-25(4)15-26(5)20-31)32-21-27(6)16-28(7)22-32;;;;/h10,12-22H,8-9,11H2,1-7H3;3*1H;/q;;;;+3/p-3. The molecule has 4 heteroatoms. The molecule has 38 heavy (non-hydrogen) atoms. The molecule has 3 aromatic carbocycles. The van der Waals surface area contributed by atoms with E-state index >= 15 is 0 Å². The minimum Gasteiger partial charge on any atom is -1.00 e. The fourth-order valence-corrected chi connectivity index (χ4v) is 7.47. The van der Waals surface area contributed by atoms with Gasteiger partial charge in [0.2, 0.25) is 0 Å². The van der Waals surface area contributed by atoms with Gasteiger partial charge in [-0.05, 0) is 0 Å². The fraction of sp³-hybridized carbons (Fsp3) is 0.353. The predicted octanol–water partition coefficient (Wildman–Crippen LogP) is 0.275. The molecule has 0 heterocycles. The molecule has 3 aromatic rings. The van der Waals surface area contributed by atoms with E-state index in [0.29, 0.717) is 0 Å². The Hall–Kier alpha value is -1.28. The van der Waals surface area contributed by atoms with Gasteiger partial charge in [0.25, 0.3) is 0 Å². The number of hydrogen-bond donors (Lipinski definition) is 0. The van der Waals surface area contributed by atoms with Crippen LogP contribution >= 0.6 is 0 Å². The van der Waals surface area contributed by atoms with E-state index in [1.54, 1.807) is 0 Å². The third-order valence-corrected chi connectivity index (χ3v) is 8.85. The van der Waals surface area contributed by atoms with E-state index in [-0.39, 0.29) is 46.4 Å². The second-order valence-corrected chi connectivity index (χ2v) is 12.1. The van der Waals surface area contributed by atoms with Crippen molar-refractivity contribution in [3.63, 3.8) is 0 Å². The average Bonchev–Trinajstić information content (AvgIpc) is 3.12. The molecular formula is C34H39Cl3Ti. The van der Waals surface area contributed by atoms with Crippen molar-refractivity contribution in [1.82, 2.24) is 0 Å². The number of benzene rings is 3. The van der Waals surface area contributed by atoms with Gasteiger partial charge < -0.3 is 37.2 Å². The molecule has 0 bridgehead atoms. The summed E-state index contributed by atoms with van der Waals surface area (Å²) >= 11 is 2.49. The normalized spacial score (nSPS) is 16.3. The number of hydrogen-bond acceptors (Lipinski definition) is 0. The minimum atomic E-state index is -0.343. The van der Waals surface area contributed by atoms with E-state index in [2.05, 4.69) is 142 Å². The van der Waals surface area contributed by atoms with Gasteiger partial charge in [0, 0.05) is 0 Å². The maximum atomic E-state index is 2.49. The van der Waals surface area contributed by atoms with Crippen molar-refractivity contribution in [3.05, 3.63) is 128 Å². The first-order valence-electron chi connectivity index (χ1n) is 13.0. The molecule has 4 rings (SSSR count). The quantitative estimate of drug-likeness (QED) is 0.270. The molecular weight excluding hydrogens is 563 g/mol. The summed E-state index contributed by atoms with van der Waals surface area (Å²) in [6, 6.07) is 21.6. The zero-order valence-corrected chi connectivity index (χ0v) is 27.5. The van der Waals surface area contributed by atoms with E-state index in [0.717, 1.165) is 6.42 Å². The summed E-state index contributed by atoms with van der Waals surface area (Å²) in [6.45, 7) is 15.7. The Bertz CT molecular complexity index is 1140. The summed E-state index contributed by atoms with van der Waals surface area (Å²) in [5.74, 6) is 0. The molecule has 0 N–H and O–H groups in total. The molecule has 0 aliphatic heterocycles. The van der Waals surface area contributed by atoms with Crippen LogP contribution in [0, 0.1) is 41.5 Å². The smallest absolute Gasteiger partial charge is 1.00 e.